The number of hydrogen-bond donors (Lipinski definition) is 0. The van der Waals surface area contributed by atoms with Gasteiger partial charge in [0.2, 0.25) is 0 Å². The molecule has 0 radical (unpaired) electrons. The molecular weight excluding hydrogens is 823 g/mol. The van der Waals surface area contributed by atoms with E-state index in [-0.39, 0.29) is 46.5 Å². The molecule has 0 fully saturated rings. The fourth-order valence-electron chi connectivity index (χ4n) is 8.33. The minimum Gasteiger partial charge on any atom is -1.00 e. The van der Waals surface area contributed by atoms with Crippen molar-refractivity contribution in [1.29, 1.82) is 0 Å². The van der Waals surface area contributed by atoms with Crippen molar-refractivity contribution in [3.63, 3.8) is 0 Å². The minimum absolute atomic E-state index is 0. The van der Waals surface area contributed by atoms with Crippen LogP contribution in [0.3, 0.4) is 0 Å². The van der Waals surface area contributed by atoms with E-state index in [2.05, 4.69) is 200 Å². The first-order chi connectivity index (χ1) is 26.0. The molecule has 0 saturated heterocycles. The molecule has 0 saturated carbocycles. The molecule has 1 unspecified atom stereocenters. The number of rotatable bonds is 2. The van der Waals surface area contributed by atoms with Gasteiger partial charge in [-0.05, 0) is 59.8 Å². The van der Waals surface area contributed by atoms with Crippen molar-refractivity contribution in [2.75, 3.05) is 0 Å². The second-order valence-electron chi connectivity index (χ2n) is 20.1. The topological polar surface area (TPSA) is 0 Å². The van der Waals surface area contributed by atoms with Gasteiger partial charge in [-0.25, -0.2) is 11.6 Å². The molecule has 3 aliphatic carbocycles. The Hall–Kier alpha value is -2.96. The summed E-state index contributed by atoms with van der Waals surface area (Å²) in [5.41, 5.74) is 16.4. The van der Waals surface area contributed by atoms with Gasteiger partial charge in [0.25, 0.3) is 0 Å². The Morgan fingerprint density at radius 3 is 1.31 bits per heavy atom. The summed E-state index contributed by atoms with van der Waals surface area (Å²) < 4.78 is 1.42. The molecule has 8 rings (SSSR count). The summed E-state index contributed by atoms with van der Waals surface area (Å²) >= 11 is 1.46. The van der Waals surface area contributed by atoms with Crippen LogP contribution in [0.25, 0.3) is 32.7 Å². The van der Waals surface area contributed by atoms with Crippen LogP contribution in [0.15, 0.2) is 109 Å². The summed E-state index contributed by atoms with van der Waals surface area (Å²) in [6.45, 7) is 31.8. The molecule has 58 heavy (non-hydrogen) atoms. The van der Waals surface area contributed by atoms with Gasteiger partial charge in [-0.15, -0.1) is 46.7 Å². The first-order valence-electron chi connectivity index (χ1n) is 20.7. The molecule has 0 spiro atoms. The van der Waals surface area contributed by atoms with Gasteiger partial charge in [-0.3, -0.25) is 6.08 Å². The van der Waals surface area contributed by atoms with Gasteiger partial charge in [0.15, 0.2) is 0 Å². The second-order valence-corrected chi connectivity index (χ2v) is 21.3. The van der Waals surface area contributed by atoms with E-state index in [1.165, 1.54) is 110 Å². The van der Waals surface area contributed by atoms with Crippen molar-refractivity contribution < 1.29 is 49.0 Å². The molecule has 0 nitrogen and oxygen atoms in total. The van der Waals surface area contributed by atoms with Gasteiger partial charge in [-0.1, -0.05) is 75.9 Å². The van der Waals surface area contributed by atoms with E-state index in [0.717, 1.165) is 12.8 Å². The number of halogens is 2. The molecule has 0 amide bonds. The van der Waals surface area contributed by atoms with Gasteiger partial charge in [0, 0.05) is 0 Å². The molecule has 304 valence electrons. The summed E-state index contributed by atoms with van der Waals surface area (Å²) in [7, 11) is 0. The molecule has 3 aliphatic rings. The average Bonchev–Trinajstić information content (AvgIpc) is 3.70. The van der Waals surface area contributed by atoms with Crippen molar-refractivity contribution in [2.24, 2.45) is 5.92 Å². The van der Waals surface area contributed by atoms with Crippen LogP contribution in [-0.4, -0.2) is 3.21 Å². The minimum atomic E-state index is 0. The summed E-state index contributed by atoms with van der Waals surface area (Å²) in [6.07, 6.45) is 14.5. The van der Waals surface area contributed by atoms with E-state index in [1.807, 2.05) is 6.08 Å². The monoisotopic (exact) mass is 884 g/mol. The third-order valence-corrected chi connectivity index (χ3v) is 13.7. The Morgan fingerprint density at radius 1 is 0.638 bits per heavy atom. The largest absolute Gasteiger partial charge is 1.00 e. The third kappa shape index (κ3) is 10.3. The fourth-order valence-corrected chi connectivity index (χ4v) is 9.15. The molecule has 5 aromatic carbocycles. The van der Waals surface area contributed by atoms with Gasteiger partial charge < -0.3 is 24.8 Å². The van der Waals surface area contributed by atoms with Crippen LogP contribution < -0.4 is 24.8 Å². The average molecular weight is 887 g/mol. The zero-order chi connectivity index (χ0) is 41.0. The zero-order valence-electron chi connectivity index (χ0n) is 37.6. The van der Waals surface area contributed by atoms with Crippen LogP contribution in [-0.2, 0) is 45.9 Å². The first kappa shape index (κ1) is 47.7. The molecular formula is C55H64Cl2Zr-2. The predicted octanol–water partition coefficient (Wildman–Crippen LogP) is 9.23. The predicted molar refractivity (Wildman–Crippen MR) is 244 cm³/mol. The van der Waals surface area contributed by atoms with Crippen LogP contribution in [0.2, 0.25) is 0 Å². The van der Waals surface area contributed by atoms with Crippen molar-refractivity contribution in [3.05, 3.63) is 159 Å². The third-order valence-electron chi connectivity index (χ3n) is 12.3. The number of benzene rings is 4. The van der Waals surface area contributed by atoms with Gasteiger partial charge in [-0.2, -0.15) is 6.08 Å². The molecule has 5 aromatic rings. The quantitative estimate of drug-likeness (QED) is 0.155. The molecule has 1 atom stereocenters. The maximum atomic E-state index is 3.15. The molecule has 0 N–H and O–H groups in total. The molecule has 0 aromatic heterocycles. The Bertz CT molecular complexity index is 2260. The maximum absolute atomic E-state index is 3.15. The maximum Gasteiger partial charge on any atom is -0.0133 e. The van der Waals surface area contributed by atoms with Crippen LogP contribution in [0.4, 0.5) is 0 Å². The van der Waals surface area contributed by atoms with Crippen molar-refractivity contribution in [1.82, 2.24) is 0 Å². The summed E-state index contributed by atoms with van der Waals surface area (Å²) in [4.78, 5) is 0. The molecule has 0 bridgehead atoms. The number of allylic oxidation sites excluding steroid dienone is 8. The van der Waals surface area contributed by atoms with Gasteiger partial charge >= 0.3 is 151 Å². The Balaban J connectivity index is 0.000000217. The van der Waals surface area contributed by atoms with E-state index < -0.39 is 0 Å². The van der Waals surface area contributed by atoms with Gasteiger partial charge in [0.1, 0.15) is 0 Å². The van der Waals surface area contributed by atoms with Crippen LogP contribution in [0, 0.1) is 12.0 Å². The van der Waals surface area contributed by atoms with E-state index in [4.69, 9.17) is 0 Å². The Kier molecular flexibility index (Phi) is 14.8. The van der Waals surface area contributed by atoms with Crippen LogP contribution in [0.1, 0.15) is 154 Å². The van der Waals surface area contributed by atoms with Crippen molar-refractivity contribution in [3.8, 4) is 0 Å². The van der Waals surface area contributed by atoms with Crippen LogP contribution >= 0.6 is 0 Å². The molecule has 0 heterocycles. The normalized spacial score (nSPS) is 17.5. The number of fused-ring (bicyclic) bond motifs is 5. The van der Waals surface area contributed by atoms with Crippen molar-refractivity contribution >= 4 is 35.9 Å². The van der Waals surface area contributed by atoms with E-state index >= 15 is 0 Å². The molecule has 0 aliphatic heterocycles. The molecule has 3 heteroatoms. The summed E-state index contributed by atoms with van der Waals surface area (Å²) in [5, 5.41) is 5.61. The van der Waals surface area contributed by atoms with Crippen LogP contribution in [0.5, 0.6) is 0 Å². The summed E-state index contributed by atoms with van der Waals surface area (Å²) in [6, 6.07) is 30.4. The second kappa shape index (κ2) is 17.9. The van der Waals surface area contributed by atoms with E-state index in [0.29, 0.717) is 5.92 Å². The Labute approximate surface area is 378 Å². The van der Waals surface area contributed by atoms with Crippen molar-refractivity contribution in [2.45, 2.75) is 131 Å². The zero-order valence-corrected chi connectivity index (χ0v) is 41.5. The van der Waals surface area contributed by atoms with Gasteiger partial charge in [0.05, 0.1) is 0 Å². The Morgan fingerprint density at radius 2 is 1.02 bits per heavy atom. The SMILES string of the molecule is CC(C)(C)c1ccc([C](=[Zr+2])c2ccc(C(C)(C)C)cc2)cc1.CC1=CC(C)[C-]=C1.CC1=CCC(C)(C)c2cc3[cH-]c4cc5c(cc4c3cc21)C(C)=CCC5(C)C.[Cl-].[Cl-]. The first-order valence-corrected chi connectivity index (χ1v) is 21.9. The summed E-state index contributed by atoms with van der Waals surface area (Å²) in [5.74, 6) is 0.556. The number of hydrogen-bond acceptors (Lipinski definition) is 0. The van der Waals surface area contributed by atoms with E-state index in [9.17, 15) is 0 Å². The fraction of sp³-hybridized carbons (Fsp3) is 0.382. The van der Waals surface area contributed by atoms with E-state index in [1.54, 1.807) is 0 Å². The smallest absolute Gasteiger partial charge is 0.0133 e. The standard InChI is InChI=1S/C27H29.C21H26.C7H9.2ClH.Zr/c1-16-7-9-26(3,4)24-12-18-11-19-13-25-21(17(2)8-10-27(25,5)6)15-23(19)22(18)14-20(16)24;1-20(2,3)18-11-7-16(8-12-18)15-17-9-13-19(14-10-17)21(4,5)6;1-6-3-4-7(2)5-6;;;/h7-8,11-15H,9-10H2,1-6H3;7-14H,1-6H3;3,5,7H,1-2H3;2*1H;/q-1;;-1;;;+2/p-2.